The van der Waals surface area contributed by atoms with Crippen molar-refractivity contribution in [1.29, 1.82) is 0 Å². The molecule has 0 bridgehead atoms. The van der Waals surface area contributed by atoms with Crippen LogP contribution in [0, 0.1) is 6.92 Å². The van der Waals surface area contributed by atoms with Crippen LogP contribution in [0.15, 0.2) is 90.1 Å². The van der Waals surface area contributed by atoms with Crippen molar-refractivity contribution in [3.05, 3.63) is 101 Å². The van der Waals surface area contributed by atoms with Crippen molar-refractivity contribution in [1.82, 2.24) is 24.4 Å². The molecule has 140 valence electrons. The number of aromatic nitrogens is 5. The van der Waals surface area contributed by atoms with Gasteiger partial charge in [-0.3, -0.25) is 9.78 Å². The molecule has 0 unspecified atom stereocenters. The number of nitrogens with zero attached hydrogens (tertiary/aromatic N) is 5. The maximum Gasteiger partial charge on any atom is 0.271 e. The maximum atomic E-state index is 12.6. The van der Waals surface area contributed by atoms with Gasteiger partial charge in [-0.2, -0.15) is 14.9 Å². The molecule has 0 spiro atoms. The maximum absolute atomic E-state index is 12.6. The second-order valence-electron chi connectivity index (χ2n) is 6.75. The molecule has 3 heterocycles. The van der Waals surface area contributed by atoms with Crippen LogP contribution >= 0.6 is 0 Å². The Bertz CT molecular complexity index is 1390. The minimum absolute atomic E-state index is 0.182. The lowest BCUT2D eigenvalue weighted by molar-refractivity contribution is 0.807. The summed E-state index contributed by atoms with van der Waals surface area (Å²) in [5.41, 5.74) is 5.65. The van der Waals surface area contributed by atoms with Crippen molar-refractivity contribution in [3.63, 3.8) is 0 Å². The van der Waals surface area contributed by atoms with E-state index in [2.05, 4.69) is 4.98 Å². The molecule has 5 aromatic rings. The van der Waals surface area contributed by atoms with Gasteiger partial charge in [0.1, 0.15) is 5.69 Å². The lowest BCUT2D eigenvalue weighted by atomic mass is 10.0. The van der Waals surface area contributed by atoms with Crippen molar-refractivity contribution in [2.45, 2.75) is 6.92 Å². The third-order valence-electron chi connectivity index (χ3n) is 4.89. The van der Waals surface area contributed by atoms with Gasteiger partial charge < -0.3 is 0 Å². The van der Waals surface area contributed by atoms with Gasteiger partial charge in [-0.05, 0) is 24.6 Å². The molecule has 0 saturated heterocycles. The Balaban J connectivity index is 1.80. The molecule has 0 radical (unpaired) electrons. The van der Waals surface area contributed by atoms with E-state index in [1.165, 1.54) is 4.68 Å². The molecule has 3 aromatic heterocycles. The number of rotatable bonds is 3. The second kappa shape index (κ2) is 6.83. The predicted molar refractivity (Wildman–Crippen MR) is 112 cm³/mol. The van der Waals surface area contributed by atoms with E-state index in [-0.39, 0.29) is 5.56 Å². The zero-order valence-corrected chi connectivity index (χ0v) is 15.7. The topological polar surface area (TPSA) is 65.1 Å². The largest absolute Gasteiger partial charge is 0.271 e. The third kappa shape index (κ3) is 2.91. The fourth-order valence-electron chi connectivity index (χ4n) is 3.47. The highest BCUT2D eigenvalue weighted by molar-refractivity contribution is 5.90. The van der Waals surface area contributed by atoms with E-state index in [1.54, 1.807) is 29.0 Å². The van der Waals surface area contributed by atoms with Crippen LogP contribution < -0.4 is 5.56 Å². The zero-order chi connectivity index (χ0) is 19.8. The average molecular weight is 379 g/mol. The van der Waals surface area contributed by atoms with E-state index in [1.807, 2.05) is 67.7 Å². The van der Waals surface area contributed by atoms with Crippen molar-refractivity contribution >= 4 is 5.52 Å². The first kappa shape index (κ1) is 17.1. The zero-order valence-electron chi connectivity index (χ0n) is 15.7. The normalized spacial score (nSPS) is 11.1. The quantitative estimate of drug-likeness (QED) is 0.477. The number of hydrogen-bond donors (Lipinski definition) is 0. The van der Waals surface area contributed by atoms with E-state index < -0.39 is 0 Å². The summed E-state index contributed by atoms with van der Waals surface area (Å²) < 4.78 is 3.23. The summed E-state index contributed by atoms with van der Waals surface area (Å²) in [6.07, 6.45) is 5.27. The van der Waals surface area contributed by atoms with Crippen molar-refractivity contribution in [2.24, 2.45) is 0 Å². The van der Waals surface area contributed by atoms with Crippen LogP contribution in [0.2, 0.25) is 0 Å². The first-order valence-electron chi connectivity index (χ1n) is 9.27. The summed E-state index contributed by atoms with van der Waals surface area (Å²) in [6, 6.07) is 20.9. The Kier molecular flexibility index (Phi) is 4.02. The summed E-state index contributed by atoms with van der Waals surface area (Å²) in [5.74, 6) is 0. The Hall–Kier alpha value is -4.06. The molecule has 0 aliphatic heterocycles. The highest BCUT2D eigenvalue weighted by Gasteiger charge is 2.19. The smallest absolute Gasteiger partial charge is 0.267 e. The van der Waals surface area contributed by atoms with Crippen molar-refractivity contribution in [2.75, 3.05) is 0 Å². The molecule has 0 aliphatic rings. The van der Waals surface area contributed by atoms with Crippen LogP contribution in [0.3, 0.4) is 0 Å². The van der Waals surface area contributed by atoms with Gasteiger partial charge in [-0.15, -0.1) is 0 Å². The molecule has 2 aromatic carbocycles. The van der Waals surface area contributed by atoms with E-state index in [9.17, 15) is 4.79 Å². The predicted octanol–water partition coefficient (Wildman–Crippen LogP) is 3.92. The van der Waals surface area contributed by atoms with E-state index >= 15 is 0 Å². The number of hydrogen-bond acceptors (Lipinski definition) is 4. The Morgan fingerprint density at radius 3 is 2.48 bits per heavy atom. The molecule has 0 atom stereocenters. The summed E-state index contributed by atoms with van der Waals surface area (Å²) in [6.45, 7) is 1.96. The van der Waals surface area contributed by atoms with Gasteiger partial charge in [0.05, 0.1) is 28.7 Å². The van der Waals surface area contributed by atoms with E-state index in [0.29, 0.717) is 5.69 Å². The first-order chi connectivity index (χ1) is 14.2. The van der Waals surface area contributed by atoms with Gasteiger partial charge in [0, 0.05) is 24.0 Å². The van der Waals surface area contributed by atoms with Gasteiger partial charge in [0.25, 0.3) is 5.56 Å². The standard InChI is InChI=1S/C23H17N5O/c1-16-7-5-6-10-19(16)28-21(29)12-11-18(25-28)22-20-15-24-13-14-27(20)26-23(22)17-8-3-2-4-9-17/h2-15H,1H3. The number of benzene rings is 2. The van der Waals surface area contributed by atoms with Crippen LogP contribution in [0.5, 0.6) is 0 Å². The molecule has 6 nitrogen and oxygen atoms in total. The minimum Gasteiger partial charge on any atom is -0.267 e. The van der Waals surface area contributed by atoms with Gasteiger partial charge in [-0.25, -0.2) is 4.52 Å². The lowest BCUT2D eigenvalue weighted by Crippen LogP contribution is -2.21. The highest BCUT2D eigenvalue weighted by Crippen LogP contribution is 2.33. The van der Waals surface area contributed by atoms with Crippen LogP contribution in [-0.4, -0.2) is 24.4 Å². The average Bonchev–Trinajstić information content (AvgIpc) is 3.15. The summed E-state index contributed by atoms with van der Waals surface area (Å²) in [5, 5.41) is 9.46. The first-order valence-corrected chi connectivity index (χ1v) is 9.27. The van der Waals surface area contributed by atoms with Gasteiger partial charge in [0.15, 0.2) is 0 Å². The van der Waals surface area contributed by atoms with Crippen LogP contribution in [0.25, 0.3) is 33.7 Å². The summed E-state index contributed by atoms with van der Waals surface area (Å²) in [7, 11) is 0. The Morgan fingerprint density at radius 1 is 0.862 bits per heavy atom. The molecule has 0 aliphatic carbocycles. The van der Waals surface area contributed by atoms with Gasteiger partial charge in [0.2, 0.25) is 0 Å². The molecule has 29 heavy (non-hydrogen) atoms. The van der Waals surface area contributed by atoms with E-state index in [0.717, 1.165) is 33.6 Å². The fourth-order valence-corrected chi connectivity index (χ4v) is 3.47. The molecule has 6 heteroatoms. The molecule has 5 rings (SSSR count). The van der Waals surface area contributed by atoms with Crippen LogP contribution in [0.1, 0.15) is 5.56 Å². The van der Waals surface area contributed by atoms with Gasteiger partial charge in [-0.1, -0.05) is 48.5 Å². The van der Waals surface area contributed by atoms with Crippen molar-refractivity contribution in [3.8, 4) is 28.2 Å². The summed E-state index contributed by atoms with van der Waals surface area (Å²) in [4.78, 5) is 16.8. The molecule has 0 N–H and O–H groups in total. The fraction of sp³-hybridized carbons (Fsp3) is 0.0435. The van der Waals surface area contributed by atoms with Crippen molar-refractivity contribution < 1.29 is 0 Å². The van der Waals surface area contributed by atoms with Crippen LogP contribution in [-0.2, 0) is 0 Å². The number of fused-ring (bicyclic) bond motifs is 1. The van der Waals surface area contributed by atoms with Gasteiger partial charge >= 0.3 is 0 Å². The minimum atomic E-state index is -0.182. The highest BCUT2D eigenvalue weighted by atomic mass is 16.1. The molecule has 0 amide bonds. The Labute approximate surface area is 166 Å². The SMILES string of the molecule is Cc1ccccc1-n1nc(-c2c(-c3ccccc3)nn3ccncc23)ccc1=O. The summed E-state index contributed by atoms with van der Waals surface area (Å²) >= 11 is 0. The second-order valence-corrected chi connectivity index (χ2v) is 6.75. The lowest BCUT2D eigenvalue weighted by Gasteiger charge is -2.10. The number of aryl methyl sites for hydroxylation is 1. The Morgan fingerprint density at radius 2 is 1.66 bits per heavy atom. The molecular formula is C23H17N5O. The van der Waals surface area contributed by atoms with Crippen LogP contribution in [0.4, 0.5) is 0 Å². The molecular weight excluding hydrogens is 362 g/mol. The number of para-hydroxylation sites is 1. The molecule has 0 saturated carbocycles. The monoisotopic (exact) mass is 379 g/mol. The molecule has 0 fully saturated rings. The third-order valence-corrected chi connectivity index (χ3v) is 4.89. The van der Waals surface area contributed by atoms with E-state index in [4.69, 9.17) is 10.2 Å².